The number of nitrogens with two attached hydrogens (primary N) is 1. The van der Waals surface area contributed by atoms with E-state index in [2.05, 4.69) is 0 Å². The fraction of sp³-hybridized carbons (Fsp3) is 0.143. The van der Waals surface area contributed by atoms with Gasteiger partial charge in [-0.3, -0.25) is 0 Å². The molecule has 2 rings (SSSR count). The number of anilines is 2. The van der Waals surface area contributed by atoms with Crippen LogP contribution in [-0.2, 0) is 0 Å². The molecule has 0 heterocycles. The highest BCUT2D eigenvalue weighted by Gasteiger charge is 2.35. The SMILES string of the molecule is NC(N(c1ccc(Cl)cc1)c1ccc(Cl)cc1)C(Cl)(Cl)Cl. The normalized spacial score (nSPS) is 13.0. The number of alkyl halides is 3. The molecule has 2 aromatic rings. The van der Waals surface area contributed by atoms with Crippen molar-refractivity contribution < 1.29 is 0 Å². The lowest BCUT2D eigenvalue weighted by Crippen LogP contribution is -2.48. The molecule has 0 saturated heterocycles. The molecule has 112 valence electrons. The van der Waals surface area contributed by atoms with Gasteiger partial charge in [-0.15, -0.1) is 0 Å². The molecule has 2 nitrogen and oxygen atoms in total. The van der Waals surface area contributed by atoms with Crippen molar-refractivity contribution in [3.8, 4) is 0 Å². The average Bonchev–Trinajstić information content (AvgIpc) is 2.42. The van der Waals surface area contributed by atoms with Gasteiger partial charge in [-0.2, -0.15) is 0 Å². The van der Waals surface area contributed by atoms with Crippen LogP contribution in [0.2, 0.25) is 10.0 Å². The van der Waals surface area contributed by atoms with Gasteiger partial charge in [-0.25, -0.2) is 0 Å². The summed E-state index contributed by atoms with van der Waals surface area (Å²) in [7, 11) is 0. The fourth-order valence-electron chi connectivity index (χ4n) is 1.82. The van der Waals surface area contributed by atoms with Crippen LogP contribution in [0.15, 0.2) is 48.5 Å². The number of nitrogens with zero attached hydrogens (tertiary/aromatic N) is 1. The van der Waals surface area contributed by atoms with Crippen molar-refractivity contribution in [3.63, 3.8) is 0 Å². The summed E-state index contributed by atoms with van der Waals surface area (Å²) in [6.07, 6.45) is -0.884. The molecule has 0 spiro atoms. The largest absolute Gasteiger partial charge is 0.321 e. The van der Waals surface area contributed by atoms with Gasteiger partial charge in [0.15, 0.2) is 0 Å². The van der Waals surface area contributed by atoms with Gasteiger partial charge in [-0.1, -0.05) is 58.0 Å². The van der Waals surface area contributed by atoms with E-state index in [1.165, 1.54) is 0 Å². The third kappa shape index (κ3) is 4.32. The zero-order chi connectivity index (χ0) is 15.6. The van der Waals surface area contributed by atoms with Gasteiger partial charge in [0.2, 0.25) is 3.79 Å². The summed E-state index contributed by atoms with van der Waals surface area (Å²) >= 11 is 29.7. The lowest BCUT2D eigenvalue weighted by atomic mass is 10.2. The Labute approximate surface area is 148 Å². The van der Waals surface area contributed by atoms with Gasteiger partial charge in [0, 0.05) is 21.4 Å². The predicted octanol–water partition coefficient (Wildman–Crippen LogP) is 5.79. The van der Waals surface area contributed by atoms with E-state index in [1.807, 2.05) is 0 Å². The van der Waals surface area contributed by atoms with Crippen molar-refractivity contribution in [1.29, 1.82) is 0 Å². The van der Waals surface area contributed by atoms with Crippen LogP contribution < -0.4 is 10.6 Å². The third-order valence-electron chi connectivity index (χ3n) is 2.82. The fourth-order valence-corrected chi connectivity index (χ4v) is 2.36. The van der Waals surface area contributed by atoms with Gasteiger partial charge >= 0.3 is 0 Å². The van der Waals surface area contributed by atoms with Crippen LogP contribution >= 0.6 is 58.0 Å². The summed E-state index contributed by atoms with van der Waals surface area (Å²) in [6, 6.07) is 14.2. The first-order valence-electron chi connectivity index (χ1n) is 5.92. The first kappa shape index (κ1) is 17.0. The molecule has 0 aliphatic carbocycles. The standard InChI is InChI=1S/C14H11Cl5N2/c15-9-1-5-11(6-2-9)21(13(20)14(17,18)19)12-7-3-10(16)4-8-12/h1-8,13H,20H2. The Morgan fingerprint density at radius 1 is 0.762 bits per heavy atom. The van der Waals surface area contributed by atoms with E-state index in [-0.39, 0.29) is 0 Å². The zero-order valence-corrected chi connectivity index (χ0v) is 14.4. The number of halogens is 5. The molecule has 0 fully saturated rings. The minimum absolute atomic E-state index is 0.609. The molecule has 2 aromatic carbocycles. The van der Waals surface area contributed by atoms with Gasteiger partial charge < -0.3 is 10.6 Å². The van der Waals surface area contributed by atoms with Crippen molar-refractivity contribution in [2.45, 2.75) is 9.96 Å². The molecule has 1 atom stereocenters. The molecule has 0 aliphatic rings. The highest BCUT2D eigenvalue weighted by Crippen LogP contribution is 2.37. The Balaban J connectivity index is 2.48. The molecule has 0 aromatic heterocycles. The Kier molecular flexibility index (Phi) is 5.53. The van der Waals surface area contributed by atoms with Crippen LogP contribution in [-0.4, -0.2) is 9.96 Å². The molecule has 1 unspecified atom stereocenters. The molecular formula is C14H11Cl5N2. The van der Waals surface area contributed by atoms with E-state index in [0.29, 0.717) is 10.0 Å². The summed E-state index contributed by atoms with van der Waals surface area (Å²) in [6.45, 7) is 0. The Morgan fingerprint density at radius 2 is 1.10 bits per heavy atom. The second kappa shape index (κ2) is 6.82. The Hall–Kier alpha value is -0.350. The van der Waals surface area contributed by atoms with Gasteiger partial charge in [0.25, 0.3) is 0 Å². The average molecular weight is 385 g/mol. The van der Waals surface area contributed by atoms with E-state index >= 15 is 0 Å². The van der Waals surface area contributed by atoms with Crippen molar-refractivity contribution in [2.75, 3.05) is 4.90 Å². The van der Waals surface area contributed by atoms with Gasteiger partial charge in [-0.05, 0) is 48.5 Å². The second-order valence-electron chi connectivity index (χ2n) is 4.31. The molecule has 7 heteroatoms. The van der Waals surface area contributed by atoms with Crippen LogP contribution in [0.1, 0.15) is 0 Å². The molecule has 21 heavy (non-hydrogen) atoms. The molecular weight excluding hydrogens is 373 g/mol. The van der Waals surface area contributed by atoms with E-state index in [0.717, 1.165) is 11.4 Å². The highest BCUT2D eigenvalue weighted by molar-refractivity contribution is 6.68. The maximum absolute atomic E-state index is 6.10. The summed E-state index contributed by atoms with van der Waals surface area (Å²) < 4.78 is -1.67. The first-order valence-corrected chi connectivity index (χ1v) is 7.80. The third-order valence-corrected chi connectivity index (χ3v) is 4.00. The van der Waals surface area contributed by atoms with Crippen molar-refractivity contribution in [2.24, 2.45) is 5.73 Å². The van der Waals surface area contributed by atoms with Crippen molar-refractivity contribution in [3.05, 3.63) is 58.6 Å². The van der Waals surface area contributed by atoms with Crippen LogP contribution in [0.3, 0.4) is 0 Å². The van der Waals surface area contributed by atoms with Crippen LogP contribution in [0.25, 0.3) is 0 Å². The lowest BCUT2D eigenvalue weighted by molar-refractivity contribution is 0.697. The van der Waals surface area contributed by atoms with E-state index in [1.54, 1.807) is 53.4 Å². The molecule has 0 bridgehead atoms. The molecule has 0 aliphatic heterocycles. The van der Waals surface area contributed by atoms with E-state index < -0.39 is 9.96 Å². The Morgan fingerprint density at radius 3 is 1.38 bits per heavy atom. The summed E-state index contributed by atoms with van der Waals surface area (Å²) in [5.41, 5.74) is 7.60. The molecule has 0 saturated carbocycles. The van der Waals surface area contributed by atoms with Crippen molar-refractivity contribution in [1.82, 2.24) is 0 Å². The van der Waals surface area contributed by atoms with Gasteiger partial charge in [0.1, 0.15) is 6.17 Å². The quantitative estimate of drug-likeness (QED) is 0.536. The first-order chi connectivity index (χ1) is 9.79. The number of hydrogen-bond donors (Lipinski definition) is 1. The van der Waals surface area contributed by atoms with Crippen LogP contribution in [0.5, 0.6) is 0 Å². The Bertz CT molecular complexity index is 547. The number of benzene rings is 2. The molecule has 0 radical (unpaired) electrons. The molecule has 0 amide bonds. The van der Waals surface area contributed by atoms with E-state index in [9.17, 15) is 0 Å². The summed E-state index contributed by atoms with van der Waals surface area (Å²) in [5, 5.41) is 1.22. The number of hydrogen-bond acceptors (Lipinski definition) is 2. The topological polar surface area (TPSA) is 29.3 Å². The van der Waals surface area contributed by atoms with Crippen LogP contribution in [0.4, 0.5) is 11.4 Å². The molecule has 2 N–H and O–H groups in total. The monoisotopic (exact) mass is 382 g/mol. The lowest BCUT2D eigenvalue weighted by Gasteiger charge is -2.35. The van der Waals surface area contributed by atoms with Gasteiger partial charge in [0.05, 0.1) is 0 Å². The smallest absolute Gasteiger partial charge is 0.223 e. The number of rotatable bonds is 3. The highest BCUT2D eigenvalue weighted by atomic mass is 35.6. The summed E-state index contributed by atoms with van der Waals surface area (Å²) in [5.74, 6) is 0. The summed E-state index contributed by atoms with van der Waals surface area (Å²) in [4.78, 5) is 1.71. The minimum Gasteiger partial charge on any atom is -0.321 e. The predicted molar refractivity (Wildman–Crippen MR) is 93.3 cm³/mol. The maximum Gasteiger partial charge on any atom is 0.223 e. The van der Waals surface area contributed by atoms with Crippen molar-refractivity contribution >= 4 is 69.4 Å². The minimum atomic E-state index is -1.67. The second-order valence-corrected chi connectivity index (χ2v) is 7.55. The zero-order valence-electron chi connectivity index (χ0n) is 10.6. The maximum atomic E-state index is 6.10. The van der Waals surface area contributed by atoms with E-state index in [4.69, 9.17) is 63.7 Å². The van der Waals surface area contributed by atoms with Crippen LogP contribution in [0, 0.1) is 0 Å².